The minimum atomic E-state index is -3.82. The van der Waals surface area contributed by atoms with Crippen molar-refractivity contribution in [1.29, 1.82) is 0 Å². The molecule has 1 aliphatic rings. The fourth-order valence-corrected chi connectivity index (χ4v) is 3.95. The quantitative estimate of drug-likeness (QED) is 0.855. The fraction of sp³-hybridized carbons (Fsp3) is 0.462. The first-order valence-electron chi connectivity index (χ1n) is 6.53. The molecule has 1 unspecified atom stereocenters. The minimum Gasteiger partial charge on any atom is -0.507 e. The number of aromatic carboxylic acids is 1. The molecule has 1 saturated heterocycles. The van der Waals surface area contributed by atoms with Gasteiger partial charge in [-0.15, -0.1) is 0 Å². The highest BCUT2D eigenvalue weighted by Crippen LogP contribution is 2.26. The molecule has 1 heterocycles. The SMILES string of the molecule is CCC1COCCN1S(=O)(=O)c1ccc(O)c(C(=O)O)c1. The largest absolute Gasteiger partial charge is 0.507 e. The molecule has 1 atom stereocenters. The van der Waals surface area contributed by atoms with E-state index < -0.39 is 27.3 Å². The van der Waals surface area contributed by atoms with E-state index in [1.165, 1.54) is 10.4 Å². The first-order valence-corrected chi connectivity index (χ1v) is 7.97. The van der Waals surface area contributed by atoms with E-state index in [1.54, 1.807) is 0 Å². The smallest absolute Gasteiger partial charge is 0.339 e. The predicted octanol–water partition coefficient (Wildman–Crippen LogP) is 0.890. The lowest BCUT2D eigenvalue weighted by Gasteiger charge is -2.34. The number of sulfonamides is 1. The topological polar surface area (TPSA) is 104 Å². The van der Waals surface area contributed by atoms with Crippen molar-refractivity contribution < 1.29 is 28.2 Å². The van der Waals surface area contributed by atoms with Crippen LogP contribution < -0.4 is 0 Å². The number of carboxylic acid groups (broad SMARTS) is 1. The van der Waals surface area contributed by atoms with Gasteiger partial charge >= 0.3 is 5.97 Å². The van der Waals surface area contributed by atoms with Crippen molar-refractivity contribution in [2.45, 2.75) is 24.3 Å². The second-order valence-electron chi connectivity index (χ2n) is 4.74. The van der Waals surface area contributed by atoms with Gasteiger partial charge in [0.1, 0.15) is 11.3 Å². The maximum atomic E-state index is 12.6. The maximum absolute atomic E-state index is 12.6. The molecule has 1 aromatic rings. The fourth-order valence-electron chi connectivity index (χ4n) is 2.26. The summed E-state index contributed by atoms with van der Waals surface area (Å²) in [5.74, 6) is -1.84. The van der Waals surface area contributed by atoms with Crippen molar-refractivity contribution in [3.63, 3.8) is 0 Å². The summed E-state index contributed by atoms with van der Waals surface area (Å²) in [6.07, 6.45) is 0.600. The van der Waals surface area contributed by atoms with Crippen LogP contribution in [0.4, 0.5) is 0 Å². The van der Waals surface area contributed by atoms with E-state index in [2.05, 4.69) is 0 Å². The Labute approximate surface area is 122 Å². The Balaban J connectivity index is 2.43. The number of rotatable bonds is 4. The van der Waals surface area contributed by atoms with Crippen LogP contribution in [0.3, 0.4) is 0 Å². The maximum Gasteiger partial charge on any atom is 0.339 e. The number of carboxylic acids is 1. The molecule has 1 aliphatic heterocycles. The van der Waals surface area contributed by atoms with Crippen LogP contribution in [0.5, 0.6) is 5.75 Å². The molecule has 21 heavy (non-hydrogen) atoms. The average molecular weight is 315 g/mol. The first-order chi connectivity index (χ1) is 9.87. The summed E-state index contributed by atoms with van der Waals surface area (Å²) in [4.78, 5) is 10.9. The van der Waals surface area contributed by atoms with E-state index in [0.29, 0.717) is 19.6 Å². The predicted molar refractivity (Wildman–Crippen MR) is 73.9 cm³/mol. The highest BCUT2D eigenvalue weighted by Gasteiger charge is 2.33. The molecule has 0 radical (unpaired) electrons. The molecule has 1 fully saturated rings. The van der Waals surface area contributed by atoms with Gasteiger partial charge in [-0.3, -0.25) is 0 Å². The molecular weight excluding hydrogens is 298 g/mol. The number of ether oxygens (including phenoxy) is 1. The van der Waals surface area contributed by atoms with Gasteiger partial charge in [-0.25, -0.2) is 13.2 Å². The monoisotopic (exact) mass is 315 g/mol. The third-order valence-corrected chi connectivity index (χ3v) is 5.40. The molecular formula is C13H17NO6S. The van der Waals surface area contributed by atoms with Gasteiger partial charge in [-0.2, -0.15) is 4.31 Å². The minimum absolute atomic E-state index is 0.141. The summed E-state index contributed by atoms with van der Waals surface area (Å²) in [6.45, 7) is 2.71. The van der Waals surface area contributed by atoms with Gasteiger partial charge in [-0.1, -0.05) is 6.92 Å². The number of benzene rings is 1. The zero-order valence-electron chi connectivity index (χ0n) is 11.5. The van der Waals surface area contributed by atoms with Crippen molar-refractivity contribution in [1.82, 2.24) is 4.31 Å². The van der Waals surface area contributed by atoms with Gasteiger partial charge in [-0.05, 0) is 24.6 Å². The van der Waals surface area contributed by atoms with E-state index in [0.717, 1.165) is 12.1 Å². The van der Waals surface area contributed by atoms with Crippen LogP contribution in [0.15, 0.2) is 23.1 Å². The molecule has 0 bridgehead atoms. The molecule has 0 aromatic heterocycles. The number of aromatic hydroxyl groups is 1. The molecule has 0 aliphatic carbocycles. The van der Waals surface area contributed by atoms with E-state index in [-0.39, 0.29) is 17.5 Å². The standard InChI is InChI=1S/C13H17NO6S/c1-2-9-8-20-6-5-14(9)21(18,19)10-3-4-12(15)11(7-10)13(16)17/h3-4,7,9,15H,2,5-6,8H2,1H3,(H,16,17). The zero-order valence-corrected chi connectivity index (χ0v) is 12.3. The van der Waals surface area contributed by atoms with E-state index >= 15 is 0 Å². The molecule has 2 rings (SSSR count). The first kappa shape index (κ1) is 15.7. The van der Waals surface area contributed by atoms with Crippen LogP contribution in [0.2, 0.25) is 0 Å². The molecule has 0 saturated carbocycles. The number of phenols is 1. The number of nitrogens with zero attached hydrogens (tertiary/aromatic N) is 1. The van der Waals surface area contributed by atoms with Gasteiger partial charge in [0.05, 0.1) is 18.1 Å². The summed E-state index contributed by atoms with van der Waals surface area (Å²) >= 11 is 0. The number of carbonyl (C=O) groups is 1. The summed E-state index contributed by atoms with van der Waals surface area (Å²) in [5.41, 5.74) is -0.433. The van der Waals surface area contributed by atoms with Gasteiger partial charge in [0, 0.05) is 12.6 Å². The lowest BCUT2D eigenvalue weighted by molar-refractivity contribution is 0.0314. The Bertz CT molecular complexity index is 642. The van der Waals surface area contributed by atoms with Crippen LogP contribution in [0.25, 0.3) is 0 Å². The second kappa shape index (κ2) is 6.00. The van der Waals surface area contributed by atoms with Crippen molar-refractivity contribution >= 4 is 16.0 Å². The van der Waals surface area contributed by atoms with Crippen molar-refractivity contribution in [3.05, 3.63) is 23.8 Å². The van der Waals surface area contributed by atoms with Gasteiger partial charge in [0.15, 0.2) is 0 Å². The van der Waals surface area contributed by atoms with Crippen LogP contribution >= 0.6 is 0 Å². The summed E-state index contributed by atoms with van der Waals surface area (Å²) in [5, 5.41) is 18.4. The molecule has 116 valence electrons. The average Bonchev–Trinajstić information content (AvgIpc) is 2.47. The van der Waals surface area contributed by atoms with Crippen LogP contribution in [0.1, 0.15) is 23.7 Å². The summed E-state index contributed by atoms with van der Waals surface area (Å²) in [6, 6.07) is 3.00. The van der Waals surface area contributed by atoms with E-state index in [1.807, 2.05) is 6.92 Å². The van der Waals surface area contributed by atoms with Gasteiger partial charge < -0.3 is 14.9 Å². The van der Waals surface area contributed by atoms with Crippen LogP contribution in [-0.4, -0.2) is 54.7 Å². The second-order valence-corrected chi connectivity index (χ2v) is 6.63. The molecule has 7 nitrogen and oxygen atoms in total. The van der Waals surface area contributed by atoms with Crippen LogP contribution in [-0.2, 0) is 14.8 Å². The summed E-state index contributed by atoms with van der Waals surface area (Å²) in [7, 11) is -3.82. The highest BCUT2D eigenvalue weighted by atomic mass is 32.2. The number of hydrogen-bond acceptors (Lipinski definition) is 5. The van der Waals surface area contributed by atoms with Crippen molar-refractivity contribution in [2.75, 3.05) is 19.8 Å². The molecule has 0 spiro atoms. The molecule has 1 aromatic carbocycles. The normalized spacial score (nSPS) is 20.3. The number of hydrogen-bond donors (Lipinski definition) is 2. The molecule has 8 heteroatoms. The molecule has 0 amide bonds. The lowest BCUT2D eigenvalue weighted by atomic mass is 10.2. The van der Waals surface area contributed by atoms with Crippen molar-refractivity contribution in [2.24, 2.45) is 0 Å². The van der Waals surface area contributed by atoms with E-state index in [9.17, 15) is 18.3 Å². The van der Waals surface area contributed by atoms with E-state index in [4.69, 9.17) is 9.84 Å². The Morgan fingerprint density at radius 1 is 1.48 bits per heavy atom. The Hall–Kier alpha value is -1.64. The van der Waals surface area contributed by atoms with Gasteiger partial charge in [0.2, 0.25) is 10.0 Å². The summed E-state index contributed by atoms with van der Waals surface area (Å²) < 4.78 is 31.9. The third kappa shape index (κ3) is 3.02. The highest BCUT2D eigenvalue weighted by molar-refractivity contribution is 7.89. The zero-order chi connectivity index (χ0) is 15.6. The van der Waals surface area contributed by atoms with Gasteiger partial charge in [0.25, 0.3) is 0 Å². The lowest BCUT2D eigenvalue weighted by Crippen LogP contribution is -2.48. The Morgan fingerprint density at radius 3 is 2.81 bits per heavy atom. The Morgan fingerprint density at radius 2 is 2.19 bits per heavy atom. The van der Waals surface area contributed by atoms with Crippen molar-refractivity contribution in [3.8, 4) is 5.75 Å². The number of morpholine rings is 1. The molecule has 2 N–H and O–H groups in total. The Kier molecular flexibility index (Phi) is 4.50. The third-order valence-electron chi connectivity index (χ3n) is 3.45. The van der Waals surface area contributed by atoms with Crippen LogP contribution in [0, 0.1) is 0 Å².